The Kier molecular flexibility index (Phi) is 5.25. The molecule has 1 fully saturated rings. The Hall–Kier alpha value is -2.05. The van der Waals surface area contributed by atoms with Gasteiger partial charge in [0, 0.05) is 23.3 Å². The molecule has 0 aromatic heterocycles. The Balaban J connectivity index is 1.72. The van der Waals surface area contributed by atoms with E-state index < -0.39 is 11.7 Å². The van der Waals surface area contributed by atoms with E-state index in [1.54, 1.807) is 30.3 Å². The fourth-order valence-electron chi connectivity index (χ4n) is 3.31. The average molecular weight is 383 g/mol. The highest BCUT2D eigenvalue weighted by Crippen LogP contribution is 2.37. The highest BCUT2D eigenvalue weighted by Gasteiger charge is 2.36. The summed E-state index contributed by atoms with van der Waals surface area (Å²) >= 11 is 5.91. The van der Waals surface area contributed by atoms with Gasteiger partial charge in [-0.1, -0.05) is 29.8 Å². The summed E-state index contributed by atoms with van der Waals surface area (Å²) in [6, 6.07) is 11.9. The van der Waals surface area contributed by atoms with Crippen molar-refractivity contribution in [1.29, 1.82) is 0 Å². The van der Waals surface area contributed by atoms with E-state index in [9.17, 15) is 18.0 Å². The molecule has 1 N–H and O–H groups in total. The lowest BCUT2D eigenvalue weighted by atomic mass is 9.97. The molecule has 7 heteroatoms. The van der Waals surface area contributed by atoms with Crippen molar-refractivity contribution < 1.29 is 18.0 Å². The highest BCUT2D eigenvalue weighted by atomic mass is 35.5. The van der Waals surface area contributed by atoms with Crippen LogP contribution >= 0.6 is 11.6 Å². The number of hydrogen-bond acceptors (Lipinski definition) is 2. The summed E-state index contributed by atoms with van der Waals surface area (Å²) < 4.78 is 38.8. The van der Waals surface area contributed by atoms with E-state index in [0.29, 0.717) is 29.2 Å². The molecule has 3 rings (SSSR count). The first-order valence-electron chi connectivity index (χ1n) is 8.18. The molecule has 1 saturated heterocycles. The van der Waals surface area contributed by atoms with E-state index in [4.69, 9.17) is 11.6 Å². The van der Waals surface area contributed by atoms with Gasteiger partial charge in [-0.05, 0) is 49.4 Å². The molecule has 138 valence electrons. The summed E-state index contributed by atoms with van der Waals surface area (Å²) in [4.78, 5) is 14.4. The van der Waals surface area contributed by atoms with Gasteiger partial charge in [-0.3, -0.25) is 9.69 Å². The summed E-state index contributed by atoms with van der Waals surface area (Å²) in [6.45, 7) is 0.479. The number of carbonyl (C=O) groups is 1. The van der Waals surface area contributed by atoms with Gasteiger partial charge in [0.15, 0.2) is 0 Å². The van der Waals surface area contributed by atoms with Gasteiger partial charge in [0.05, 0.1) is 11.5 Å². The van der Waals surface area contributed by atoms with Crippen molar-refractivity contribution in [2.24, 2.45) is 5.92 Å². The zero-order valence-electron chi connectivity index (χ0n) is 14.1. The third-order valence-corrected chi connectivity index (χ3v) is 4.84. The molecule has 1 aliphatic rings. The molecule has 2 atom stereocenters. The molecular formula is C19H18ClF3N2O. The second-order valence-electron chi connectivity index (χ2n) is 6.51. The first kappa shape index (κ1) is 18.7. The molecule has 0 unspecified atom stereocenters. The second kappa shape index (κ2) is 7.29. The number of anilines is 1. The Morgan fingerprint density at radius 2 is 1.92 bits per heavy atom. The standard InChI is InChI=1S/C19H18ClF3N2O/c1-25-11-13(18(26)24-16-7-3-6-15(20)10-16)9-17(25)12-4-2-5-14(8-12)19(21,22)23/h2-8,10,13,17H,9,11H2,1H3,(H,24,26)/t13-,17+/m1/s1. The predicted octanol–water partition coefficient (Wildman–Crippen LogP) is 4.99. The van der Waals surface area contributed by atoms with Gasteiger partial charge >= 0.3 is 6.18 Å². The van der Waals surface area contributed by atoms with Crippen molar-refractivity contribution in [2.75, 3.05) is 18.9 Å². The van der Waals surface area contributed by atoms with Gasteiger partial charge in [-0.2, -0.15) is 13.2 Å². The third kappa shape index (κ3) is 4.19. The Labute approximate surface area is 154 Å². The molecule has 3 nitrogen and oxygen atoms in total. The molecule has 1 aliphatic heterocycles. The number of alkyl halides is 3. The number of nitrogens with zero attached hydrogens (tertiary/aromatic N) is 1. The van der Waals surface area contributed by atoms with Crippen LogP contribution in [0.4, 0.5) is 18.9 Å². The van der Waals surface area contributed by atoms with E-state index in [1.165, 1.54) is 12.1 Å². The van der Waals surface area contributed by atoms with Gasteiger partial charge in [0.1, 0.15) is 0 Å². The largest absolute Gasteiger partial charge is 0.416 e. The van der Waals surface area contributed by atoms with E-state index in [-0.39, 0.29) is 17.9 Å². The quantitative estimate of drug-likeness (QED) is 0.811. The van der Waals surface area contributed by atoms with Crippen LogP contribution in [0.1, 0.15) is 23.6 Å². The molecule has 2 aromatic rings. The number of hydrogen-bond donors (Lipinski definition) is 1. The van der Waals surface area contributed by atoms with Crippen LogP contribution in [-0.2, 0) is 11.0 Å². The fourth-order valence-corrected chi connectivity index (χ4v) is 3.50. The second-order valence-corrected chi connectivity index (χ2v) is 6.95. The first-order valence-corrected chi connectivity index (χ1v) is 8.55. The zero-order chi connectivity index (χ0) is 18.9. The average Bonchev–Trinajstić information content (AvgIpc) is 2.96. The number of nitrogens with one attached hydrogen (secondary N) is 1. The zero-order valence-corrected chi connectivity index (χ0v) is 14.8. The maximum absolute atomic E-state index is 12.9. The van der Waals surface area contributed by atoms with E-state index >= 15 is 0 Å². The van der Waals surface area contributed by atoms with Crippen LogP contribution < -0.4 is 5.32 Å². The number of carbonyl (C=O) groups excluding carboxylic acids is 1. The van der Waals surface area contributed by atoms with Crippen LogP contribution in [0.5, 0.6) is 0 Å². The van der Waals surface area contributed by atoms with Gasteiger partial charge in [-0.15, -0.1) is 0 Å². The molecule has 2 aromatic carbocycles. The Bertz CT molecular complexity index is 809. The smallest absolute Gasteiger partial charge is 0.326 e. The minimum absolute atomic E-state index is 0.159. The topological polar surface area (TPSA) is 32.3 Å². The van der Waals surface area contributed by atoms with E-state index in [0.717, 1.165) is 6.07 Å². The lowest BCUT2D eigenvalue weighted by Gasteiger charge is -2.20. The van der Waals surface area contributed by atoms with Gasteiger partial charge in [-0.25, -0.2) is 0 Å². The predicted molar refractivity (Wildman–Crippen MR) is 95.0 cm³/mol. The van der Waals surface area contributed by atoms with Crippen molar-refractivity contribution in [3.8, 4) is 0 Å². The van der Waals surface area contributed by atoms with Crippen LogP contribution in [0.15, 0.2) is 48.5 Å². The van der Waals surface area contributed by atoms with Crippen molar-refractivity contribution in [3.63, 3.8) is 0 Å². The number of rotatable bonds is 3. The highest BCUT2D eigenvalue weighted by molar-refractivity contribution is 6.30. The van der Waals surface area contributed by atoms with Crippen molar-refractivity contribution in [1.82, 2.24) is 4.90 Å². The molecule has 0 radical (unpaired) electrons. The van der Waals surface area contributed by atoms with Crippen LogP contribution in [0.3, 0.4) is 0 Å². The Morgan fingerprint density at radius 1 is 1.19 bits per heavy atom. The molecule has 1 heterocycles. The van der Waals surface area contributed by atoms with Crippen LogP contribution in [0.2, 0.25) is 5.02 Å². The summed E-state index contributed by atoms with van der Waals surface area (Å²) in [5, 5.41) is 3.34. The first-order chi connectivity index (χ1) is 12.2. The van der Waals surface area contributed by atoms with Crippen LogP contribution in [0, 0.1) is 5.92 Å². The number of likely N-dealkylation sites (tertiary alicyclic amines) is 1. The summed E-state index contributed by atoms with van der Waals surface area (Å²) in [5.41, 5.74) is 0.503. The van der Waals surface area contributed by atoms with E-state index in [1.807, 2.05) is 11.9 Å². The Morgan fingerprint density at radius 3 is 2.62 bits per heavy atom. The maximum atomic E-state index is 12.9. The molecule has 0 aliphatic carbocycles. The number of benzene rings is 2. The monoisotopic (exact) mass is 382 g/mol. The molecule has 1 amide bonds. The third-order valence-electron chi connectivity index (χ3n) is 4.61. The lowest BCUT2D eigenvalue weighted by Crippen LogP contribution is -2.25. The van der Waals surface area contributed by atoms with E-state index in [2.05, 4.69) is 5.32 Å². The normalized spacial score (nSPS) is 21.0. The summed E-state index contributed by atoms with van der Waals surface area (Å²) in [5.74, 6) is -0.466. The van der Waals surface area contributed by atoms with Crippen molar-refractivity contribution in [2.45, 2.75) is 18.6 Å². The minimum atomic E-state index is -4.38. The number of halogens is 4. The maximum Gasteiger partial charge on any atom is 0.416 e. The van der Waals surface area contributed by atoms with Gasteiger partial charge < -0.3 is 5.32 Å². The van der Waals surface area contributed by atoms with Crippen LogP contribution in [-0.4, -0.2) is 24.4 Å². The lowest BCUT2D eigenvalue weighted by molar-refractivity contribution is -0.137. The minimum Gasteiger partial charge on any atom is -0.326 e. The molecule has 0 saturated carbocycles. The fraction of sp³-hybridized carbons (Fsp3) is 0.316. The molecule has 26 heavy (non-hydrogen) atoms. The van der Waals surface area contributed by atoms with Gasteiger partial charge in [0.2, 0.25) is 5.91 Å². The van der Waals surface area contributed by atoms with Crippen molar-refractivity contribution in [3.05, 3.63) is 64.7 Å². The van der Waals surface area contributed by atoms with Crippen LogP contribution in [0.25, 0.3) is 0 Å². The summed E-state index contributed by atoms with van der Waals surface area (Å²) in [7, 11) is 1.82. The molecule has 0 bridgehead atoms. The number of amides is 1. The SMILES string of the molecule is CN1C[C@H](C(=O)Nc2cccc(Cl)c2)C[C@H]1c1cccc(C(F)(F)F)c1. The molecule has 0 spiro atoms. The van der Waals surface area contributed by atoms with Crippen molar-refractivity contribution >= 4 is 23.2 Å². The van der Waals surface area contributed by atoms with Gasteiger partial charge in [0.25, 0.3) is 0 Å². The summed E-state index contributed by atoms with van der Waals surface area (Å²) in [6.07, 6.45) is -3.92. The molecular weight excluding hydrogens is 365 g/mol.